The highest BCUT2D eigenvalue weighted by molar-refractivity contribution is 9.10. The molecule has 122 valence electrons. The molecule has 2 aromatic rings. The fraction of sp³-hybridized carbons (Fsp3) is 0.316. The molecule has 2 aromatic carbocycles. The Balaban J connectivity index is 1.97. The van der Waals surface area contributed by atoms with Gasteiger partial charge in [-0.25, -0.2) is 0 Å². The molecule has 2 atom stereocenters. The summed E-state index contributed by atoms with van der Waals surface area (Å²) in [6.45, 7) is 2.06. The monoisotopic (exact) mass is 375 g/mol. The number of aliphatic hydroxyl groups excluding tert-OH is 1. The molecule has 1 amide bonds. The second kappa shape index (κ2) is 8.85. The highest BCUT2D eigenvalue weighted by Gasteiger charge is 2.17. The van der Waals surface area contributed by atoms with Crippen molar-refractivity contribution in [2.45, 2.75) is 31.7 Å². The Hall–Kier alpha value is -1.65. The van der Waals surface area contributed by atoms with Crippen LogP contribution in [0.3, 0.4) is 0 Å². The minimum absolute atomic E-state index is 0.00252. The first-order valence-electron chi connectivity index (χ1n) is 7.80. The third-order valence-electron chi connectivity index (χ3n) is 3.93. The lowest BCUT2D eigenvalue weighted by atomic mass is 9.92. The van der Waals surface area contributed by atoms with Crippen LogP contribution >= 0.6 is 15.9 Å². The van der Waals surface area contributed by atoms with Crippen LogP contribution < -0.4 is 5.32 Å². The maximum absolute atomic E-state index is 12.4. The van der Waals surface area contributed by atoms with E-state index >= 15 is 0 Å². The van der Waals surface area contributed by atoms with E-state index in [4.69, 9.17) is 0 Å². The van der Waals surface area contributed by atoms with E-state index in [2.05, 4.69) is 21.2 Å². The molecule has 0 radical (unpaired) electrons. The lowest BCUT2D eigenvalue weighted by molar-refractivity contribution is -0.122. The fourth-order valence-electron chi connectivity index (χ4n) is 2.63. The van der Waals surface area contributed by atoms with E-state index in [1.807, 2.05) is 61.5 Å². The van der Waals surface area contributed by atoms with Crippen LogP contribution in [0.1, 0.15) is 42.9 Å². The number of aliphatic hydroxyl groups is 1. The Morgan fingerprint density at radius 2 is 1.74 bits per heavy atom. The van der Waals surface area contributed by atoms with Crippen LogP contribution in [0, 0.1) is 0 Å². The predicted molar refractivity (Wildman–Crippen MR) is 96.2 cm³/mol. The summed E-state index contributed by atoms with van der Waals surface area (Å²) in [5, 5.41) is 12.3. The molecule has 2 N–H and O–H groups in total. The normalized spacial score (nSPS) is 13.3. The van der Waals surface area contributed by atoms with Crippen molar-refractivity contribution in [3.63, 3.8) is 0 Å². The molecule has 0 saturated carbocycles. The van der Waals surface area contributed by atoms with Gasteiger partial charge in [0.15, 0.2) is 0 Å². The Morgan fingerprint density at radius 1 is 1.09 bits per heavy atom. The van der Waals surface area contributed by atoms with Crippen LogP contribution in [-0.4, -0.2) is 17.6 Å². The Labute approximate surface area is 145 Å². The molecule has 0 aliphatic rings. The van der Waals surface area contributed by atoms with Crippen molar-refractivity contribution >= 4 is 21.8 Å². The van der Waals surface area contributed by atoms with Crippen molar-refractivity contribution in [2.24, 2.45) is 0 Å². The van der Waals surface area contributed by atoms with E-state index < -0.39 is 0 Å². The Morgan fingerprint density at radius 3 is 2.35 bits per heavy atom. The predicted octanol–water partition coefficient (Wildman–Crippen LogP) is 4.18. The number of carbonyl (C=O) groups is 1. The summed E-state index contributed by atoms with van der Waals surface area (Å²) in [5.74, 6) is 0.0426. The van der Waals surface area contributed by atoms with E-state index in [-0.39, 0.29) is 24.5 Å². The molecule has 0 aliphatic heterocycles. The average molecular weight is 376 g/mol. The third kappa shape index (κ3) is 5.48. The summed E-state index contributed by atoms with van der Waals surface area (Å²) in [7, 11) is 0. The molecule has 0 spiro atoms. The molecular formula is C19H22BrNO2. The molecule has 0 bridgehead atoms. The van der Waals surface area contributed by atoms with Gasteiger partial charge < -0.3 is 10.4 Å². The largest absolute Gasteiger partial charge is 0.396 e. The maximum atomic E-state index is 12.4. The zero-order valence-corrected chi connectivity index (χ0v) is 14.8. The number of benzene rings is 2. The number of hydrogen-bond donors (Lipinski definition) is 2. The van der Waals surface area contributed by atoms with Gasteiger partial charge >= 0.3 is 0 Å². The van der Waals surface area contributed by atoms with E-state index in [1.54, 1.807) is 0 Å². The molecule has 3 nitrogen and oxygen atoms in total. The van der Waals surface area contributed by atoms with Crippen molar-refractivity contribution in [2.75, 3.05) is 6.61 Å². The van der Waals surface area contributed by atoms with Crippen molar-refractivity contribution in [1.29, 1.82) is 0 Å². The summed E-state index contributed by atoms with van der Waals surface area (Å²) in [6, 6.07) is 17.8. The average Bonchev–Trinajstić information content (AvgIpc) is 2.55. The van der Waals surface area contributed by atoms with Crippen LogP contribution in [0.5, 0.6) is 0 Å². The Kier molecular flexibility index (Phi) is 6.81. The van der Waals surface area contributed by atoms with Crippen molar-refractivity contribution in [3.8, 4) is 0 Å². The van der Waals surface area contributed by atoms with Gasteiger partial charge in [0, 0.05) is 17.5 Å². The number of carbonyl (C=O) groups excluding carboxylic acids is 1. The molecule has 0 fully saturated rings. The molecule has 1 unspecified atom stereocenters. The molecule has 4 heteroatoms. The van der Waals surface area contributed by atoms with Gasteiger partial charge in [-0.3, -0.25) is 4.79 Å². The van der Waals surface area contributed by atoms with E-state index in [0.717, 1.165) is 15.6 Å². The van der Waals surface area contributed by atoms with Crippen molar-refractivity contribution in [3.05, 3.63) is 70.2 Å². The summed E-state index contributed by atoms with van der Waals surface area (Å²) in [6.07, 6.45) is 0.968. The first kappa shape index (κ1) is 17.7. The van der Waals surface area contributed by atoms with Crippen LogP contribution in [0.2, 0.25) is 0 Å². The molecule has 23 heavy (non-hydrogen) atoms. The van der Waals surface area contributed by atoms with Gasteiger partial charge in [0.05, 0.1) is 6.04 Å². The van der Waals surface area contributed by atoms with E-state index in [0.29, 0.717) is 12.8 Å². The van der Waals surface area contributed by atoms with Gasteiger partial charge in [-0.15, -0.1) is 0 Å². The smallest absolute Gasteiger partial charge is 0.221 e. The molecule has 0 aliphatic carbocycles. The highest BCUT2D eigenvalue weighted by atomic mass is 79.9. The van der Waals surface area contributed by atoms with Crippen molar-refractivity contribution in [1.82, 2.24) is 5.32 Å². The standard InChI is InChI=1S/C19H22BrNO2/c1-14(15-7-9-18(20)10-8-15)21-19(23)13-17(11-12-22)16-5-3-2-4-6-16/h2-10,14,17,22H,11-13H2,1H3,(H,21,23)/t14-,17?/m0/s1. The zero-order chi connectivity index (χ0) is 16.7. The second-order valence-electron chi connectivity index (χ2n) is 5.66. The first-order chi connectivity index (χ1) is 11.1. The molecule has 2 rings (SSSR count). The third-order valence-corrected chi connectivity index (χ3v) is 4.46. The second-order valence-corrected chi connectivity index (χ2v) is 6.58. The van der Waals surface area contributed by atoms with Crippen LogP contribution in [-0.2, 0) is 4.79 Å². The van der Waals surface area contributed by atoms with Gasteiger partial charge in [0.2, 0.25) is 5.91 Å². The number of rotatable bonds is 7. The topological polar surface area (TPSA) is 49.3 Å². The van der Waals surface area contributed by atoms with Crippen molar-refractivity contribution < 1.29 is 9.90 Å². The number of hydrogen-bond acceptors (Lipinski definition) is 2. The lowest BCUT2D eigenvalue weighted by Crippen LogP contribution is -2.28. The number of amides is 1. The number of nitrogens with one attached hydrogen (secondary N) is 1. The fourth-order valence-corrected chi connectivity index (χ4v) is 2.89. The van der Waals surface area contributed by atoms with Gasteiger partial charge in [0.25, 0.3) is 0 Å². The molecule has 0 heterocycles. The first-order valence-corrected chi connectivity index (χ1v) is 8.60. The van der Waals surface area contributed by atoms with Gasteiger partial charge in [-0.1, -0.05) is 58.4 Å². The summed E-state index contributed by atoms with van der Waals surface area (Å²) in [5.41, 5.74) is 2.16. The van der Waals surface area contributed by atoms with Gasteiger partial charge in [0.1, 0.15) is 0 Å². The quantitative estimate of drug-likeness (QED) is 0.762. The molecule has 0 aromatic heterocycles. The molecular weight excluding hydrogens is 354 g/mol. The van der Waals surface area contributed by atoms with Gasteiger partial charge in [-0.05, 0) is 42.5 Å². The number of halogens is 1. The maximum Gasteiger partial charge on any atom is 0.221 e. The Bertz CT molecular complexity index is 613. The highest BCUT2D eigenvalue weighted by Crippen LogP contribution is 2.24. The van der Waals surface area contributed by atoms with Crippen LogP contribution in [0.15, 0.2) is 59.1 Å². The van der Waals surface area contributed by atoms with E-state index in [1.165, 1.54) is 0 Å². The molecule has 0 saturated heterocycles. The zero-order valence-electron chi connectivity index (χ0n) is 13.2. The minimum Gasteiger partial charge on any atom is -0.396 e. The van der Waals surface area contributed by atoms with E-state index in [9.17, 15) is 9.90 Å². The van der Waals surface area contributed by atoms with Crippen LogP contribution in [0.4, 0.5) is 0 Å². The summed E-state index contributed by atoms with van der Waals surface area (Å²) < 4.78 is 1.02. The minimum atomic E-state index is -0.0406. The van der Waals surface area contributed by atoms with Crippen LogP contribution in [0.25, 0.3) is 0 Å². The lowest BCUT2D eigenvalue weighted by Gasteiger charge is -2.19. The summed E-state index contributed by atoms with van der Waals surface area (Å²) >= 11 is 3.41. The summed E-state index contributed by atoms with van der Waals surface area (Å²) in [4.78, 5) is 12.4. The SMILES string of the molecule is C[C@H](NC(=O)CC(CCO)c1ccccc1)c1ccc(Br)cc1. The van der Waals surface area contributed by atoms with Gasteiger partial charge in [-0.2, -0.15) is 0 Å².